The average Bonchev–Trinajstić information content (AvgIpc) is 2.52. The first-order valence-electron chi connectivity index (χ1n) is 6.34. The first-order chi connectivity index (χ1) is 9.79. The molecule has 0 heterocycles. The van der Waals surface area contributed by atoms with Gasteiger partial charge in [0, 0.05) is 0 Å². The molecular formula is C17H16O3. The van der Waals surface area contributed by atoms with Crippen LogP contribution in [0.4, 0.5) is 0 Å². The van der Waals surface area contributed by atoms with E-state index in [9.17, 15) is 4.79 Å². The van der Waals surface area contributed by atoms with Crippen LogP contribution >= 0.6 is 0 Å². The van der Waals surface area contributed by atoms with Crippen molar-refractivity contribution in [2.24, 2.45) is 0 Å². The quantitative estimate of drug-likeness (QED) is 0.593. The van der Waals surface area contributed by atoms with Crippen LogP contribution in [0.2, 0.25) is 0 Å². The Balaban J connectivity index is 1.91. The van der Waals surface area contributed by atoms with Crippen molar-refractivity contribution >= 4 is 5.97 Å². The molecule has 0 unspecified atom stereocenters. The van der Waals surface area contributed by atoms with E-state index in [4.69, 9.17) is 9.47 Å². The van der Waals surface area contributed by atoms with Crippen LogP contribution in [0.1, 0.15) is 15.9 Å². The van der Waals surface area contributed by atoms with E-state index < -0.39 is 0 Å². The minimum Gasteiger partial charge on any atom is -0.489 e. The van der Waals surface area contributed by atoms with Gasteiger partial charge in [0.1, 0.15) is 19.0 Å². The molecule has 0 saturated heterocycles. The van der Waals surface area contributed by atoms with Crippen LogP contribution in [0.3, 0.4) is 0 Å². The molecule has 2 rings (SSSR count). The number of carbonyl (C=O) groups is 1. The van der Waals surface area contributed by atoms with Crippen LogP contribution in [-0.4, -0.2) is 12.6 Å². The molecule has 2 aromatic carbocycles. The number of ether oxygens (including phenoxy) is 2. The second kappa shape index (κ2) is 7.14. The van der Waals surface area contributed by atoms with E-state index in [1.165, 1.54) is 6.08 Å². The van der Waals surface area contributed by atoms with Gasteiger partial charge in [0.25, 0.3) is 0 Å². The highest BCUT2D eigenvalue weighted by molar-refractivity contribution is 5.89. The van der Waals surface area contributed by atoms with E-state index in [2.05, 4.69) is 6.58 Å². The van der Waals surface area contributed by atoms with Gasteiger partial charge in [-0.2, -0.15) is 0 Å². The zero-order valence-electron chi connectivity index (χ0n) is 11.1. The van der Waals surface area contributed by atoms with Crippen molar-refractivity contribution in [2.45, 2.75) is 6.61 Å². The Morgan fingerprint density at radius 2 is 1.75 bits per heavy atom. The van der Waals surface area contributed by atoms with Crippen molar-refractivity contribution in [3.05, 3.63) is 78.4 Å². The molecule has 0 spiro atoms. The average molecular weight is 268 g/mol. The molecule has 0 fully saturated rings. The van der Waals surface area contributed by atoms with Crippen LogP contribution in [0, 0.1) is 0 Å². The standard InChI is InChI=1S/C17H16O3/c1-2-12-19-17(18)15-8-10-16(11-9-15)20-13-14-6-4-3-5-7-14/h2-11H,1,12-13H2. The summed E-state index contributed by atoms with van der Waals surface area (Å²) in [4.78, 5) is 11.6. The summed E-state index contributed by atoms with van der Waals surface area (Å²) in [6, 6.07) is 16.8. The number of hydrogen-bond donors (Lipinski definition) is 0. The normalized spacial score (nSPS) is 9.80. The van der Waals surface area contributed by atoms with Gasteiger partial charge in [0.15, 0.2) is 0 Å². The molecule has 0 atom stereocenters. The van der Waals surface area contributed by atoms with E-state index in [1.807, 2.05) is 30.3 Å². The third-order valence-electron chi connectivity index (χ3n) is 2.67. The lowest BCUT2D eigenvalue weighted by Gasteiger charge is -2.07. The van der Waals surface area contributed by atoms with Gasteiger partial charge in [-0.3, -0.25) is 0 Å². The molecule has 20 heavy (non-hydrogen) atoms. The van der Waals surface area contributed by atoms with Crippen LogP contribution in [0.25, 0.3) is 0 Å². The van der Waals surface area contributed by atoms with Crippen molar-refractivity contribution in [1.82, 2.24) is 0 Å². The van der Waals surface area contributed by atoms with Gasteiger partial charge in [-0.05, 0) is 29.8 Å². The zero-order chi connectivity index (χ0) is 14.2. The van der Waals surface area contributed by atoms with Crippen LogP contribution in [-0.2, 0) is 11.3 Å². The highest BCUT2D eigenvalue weighted by atomic mass is 16.5. The fraction of sp³-hybridized carbons (Fsp3) is 0.118. The summed E-state index contributed by atoms with van der Waals surface area (Å²) < 4.78 is 10.6. The Kier molecular flexibility index (Phi) is 4.95. The van der Waals surface area contributed by atoms with Gasteiger partial charge >= 0.3 is 5.97 Å². The number of esters is 1. The Morgan fingerprint density at radius 3 is 2.40 bits per heavy atom. The van der Waals surface area contributed by atoms with Crippen LogP contribution < -0.4 is 4.74 Å². The summed E-state index contributed by atoms with van der Waals surface area (Å²) in [5, 5.41) is 0. The van der Waals surface area contributed by atoms with E-state index >= 15 is 0 Å². The minimum absolute atomic E-state index is 0.213. The van der Waals surface area contributed by atoms with Crippen molar-refractivity contribution in [3.63, 3.8) is 0 Å². The van der Waals surface area contributed by atoms with E-state index in [1.54, 1.807) is 24.3 Å². The second-order valence-electron chi connectivity index (χ2n) is 4.19. The van der Waals surface area contributed by atoms with Crippen molar-refractivity contribution < 1.29 is 14.3 Å². The molecular weight excluding hydrogens is 252 g/mol. The molecule has 0 aliphatic carbocycles. The molecule has 0 amide bonds. The molecule has 0 bridgehead atoms. The number of benzene rings is 2. The predicted octanol–water partition coefficient (Wildman–Crippen LogP) is 3.61. The fourth-order valence-corrected chi connectivity index (χ4v) is 1.65. The number of rotatable bonds is 6. The highest BCUT2D eigenvalue weighted by Gasteiger charge is 2.06. The molecule has 0 N–H and O–H groups in total. The minimum atomic E-state index is -0.362. The summed E-state index contributed by atoms with van der Waals surface area (Å²) >= 11 is 0. The first-order valence-corrected chi connectivity index (χ1v) is 6.34. The molecule has 0 radical (unpaired) electrons. The molecule has 3 heteroatoms. The lowest BCUT2D eigenvalue weighted by molar-refractivity contribution is 0.0549. The summed E-state index contributed by atoms with van der Waals surface area (Å²) in [6.07, 6.45) is 1.54. The molecule has 0 saturated carbocycles. The maximum atomic E-state index is 11.6. The van der Waals surface area contributed by atoms with E-state index in [0.717, 1.165) is 5.56 Å². The van der Waals surface area contributed by atoms with Crippen LogP contribution in [0.5, 0.6) is 5.75 Å². The van der Waals surface area contributed by atoms with Crippen molar-refractivity contribution in [2.75, 3.05) is 6.61 Å². The van der Waals surface area contributed by atoms with Gasteiger partial charge in [-0.1, -0.05) is 43.0 Å². The van der Waals surface area contributed by atoms with Gasteiger partial charge in [-0.25, -0.2) is 4.79 Å². The Bertz CT molecular complexity index is 559. The Hall–Kier alpha value is -2.55. The zero-order valence-corrected chi connectivity index (χ0v) is 11.1. The fourth-order valence-electron chi connectivity index (χ4n) is 1.65. The smallest absolute Gasteiger partial charge is 0.338 e. The molecule has 0 aromatic heterocycles. The molecule has 2 aromatic rings. The van der Waals surface area contributed by atoms with E-state index in [0.29, 0.717) is 17.9 Å². The van der Waals surface area contributed by atoms with Gasteiger partial charge < -0.3 is 9.47 Å². The van der Waals surface area contributed by atoms with Crippen molar-refractivity contribution in [1.29, 1.82) is 0 Å². The topological polar surface area (TPSA) is 35.5 Å². The Labute approximate surface area is 118 Å². The maximum absolute atomic E-state index is 11.6. The number of carbonyl (C=O) groups excluding carboxylic acids is 1. The molecule has 3 nitrogen and oxygen atoms in total. The highest BCUT2D eigenvalue weighted by Crippen LogP contribution is 2.14. The van der Waals surface area contributed by atoms with Gasteiger partial charge in [-0.15, -0.1) is 0 Å². The summed E-state index contributed by atoms with van der Waals surface area (Å²) in [6.45, 7) is 4.21. The summed E-state index contributed by atoms with van der Waals surface area (Å²) in [7, 11) is 0. The Morgan fingerprint density at radius 1 is 1.05 bits per heavy atom. The maximum Gasteiger partial charge on any atom is 0.338 e. The van der Waals surface area contributed by atoms with Crippen LogP contribution in [0.15, 0.2) is 67.3 Å². The molecule has 0 aliphatic rings. The SMILES string of the molecule is C=CCOC(=O)c1ccc(OCc2ccccc2)cc1. The second-order valence-corrected chi connectivity index (χ2v) is 4.19. The monoisotopic (exact) mass is 268 g/mol. The first kappa shape index (κ1) is 13.9. The lowest BCUT2D eigenvalue weighted by atomic mass is 10.2. The number of hydrogen-bond acceptors (Lipinski definition) is 3. The van der Waals surface area contributed by atoms with Gasteiger partial charge in [0.2, 0.25) is 0 Å². The molecule has 0 aliphatic heterocycles. The predicted molar refractivity (Wildman–Crippen MR) is 77.7 cm³/mol. The van der Waals surface area contributed by atoms with E-state index in [-0.39, 0.29) is 12.6 Å². The largest absolute Gasteiger partial charge is 0.489 e. The lowest BCUT2D eigenvalue weighted by Crippen LogP contribution is -2.04. The van der Waals surface area contributed by atoms with Gasteiger partial charge in [0.05, 0.1) is 5.56 Å². The third-order valence-corrected chi connectivity index (χ3v) is 2.67. The third kappa shape index (κ3) is 3.99. The molecule has 102 valence electrons. The van der Waals surface area contributed by atoms with Crippen molar-refractivity contribution in [3.8, 4) is 5.75 Å². The summed E-state index contributed by atoms with van der Waals surface area (Å²) in [5.41, 5.74) is 1.60. The summed E-state index contributed by atoms with van der Waals surface area (Å²) in [5.74, 6) is 0.355.